The van der Waals surface area contributed by atoms with Crippen molar-refractivity contribution in [2.45, 2.75) is 112 Å². The third-order valence-corrected chi connectivity index (χ3v) is 8.50. The molecule has 0 saturated carbocycles. The Labute approximate surface area is 177 Å². The topological polar surface area (TPSA) is 0 Å². The summed E-state index contributed by atoms with van der Waals surface area (Å²) in [4.78, 5) is 0. The third kappa shape index (κ3) is 5.52. The van der Waals surface area contributed by atoms with Gasteiger partial charge in [0.2, 0.25) is 0 Å². The second-order valence-electron chi connectivity index (χ2n) is 10.6. The molecule has 0 aliphatic heterocycles. The van der Waals surface area contributed by atoms with Crippen LogP contribution in [-0.2, 0) is 5.41 Å². The van der Waals surface area contributed by atoms with Crippen LogP contribution in [0.3, 0.4) is 0 Å². The van der Waals surface area contributed by atoms with Gasteiger partial charge in [-0.3, -0.25) is 0 Å². The first-order valence-corrected chi connectivity index (χ1v) is 11.8. The molecule has 0 heterocycles. The van der Waals surface area contributed by atoms with Crippen LogP contribution in [-0.4, -0.2) is 0 Å². The van der Waals surface area contributed by atoms with Gasteiger partial charge in [-0.05, 0) is 33.3 Å². The van der Waals surface area contributed by atoms with Crippen LogP contribution in [0.1, 0.15) is 118 Å². The predicted molar refractivity (Wildman–Crippen MR) is 129 cm³/mol. The van der Waals surface area contributed by atoms with Crippen LogP contribution in [0.25, 0.3) is 6.08 Å². The zero-order chi connectivity index (χ0) is 21.4. The lowest BCUT2D eigenvalue weighted by molar-refractivity contribution is -0.0171. The molecule has 0 aliphatic carbocycles. The van der Waals surface area contributed by atoms with Crippen molar-refractivity contribution in [1.82, 2.24) is 0 Å². The average Bonchev–Trinajstić information content (AvgIpc) is 2.66. The first-order valence-electron chi connectivity index (χ1n) is 11.8. The summed E-state index contributed by atoms with van der Waals surface area (Å²) in [5.74, 6) is 0.702. The van der Waals surface area contributed by atoms with Gasteiger partial charge in [-0.2, -0.15) is 0 Å². The smallest absolute Gasteiger partial charge is 0.00413 e. The highest BCUT2D eigenvalue weighted by atomic mass is 14.5. The fourth-order valence-electron chi connectivity index (χ4n) is 4.77. The van der Waals surface area contributed by atoms with E-state index in [1.807, 2.05) is 6.08 Å². The fourth-order valence-corrected chi connectivity index (χ4v) is 4.77. The van der Waals surface area contributed by atoms with E-state index in [9.17, 15) is 0 Å². The number of unbranched alkanes of at least 4 members (excludes halogenated alkanes) is 6. The Balaban J connectivity index is 2.84. The van der Waals surface area contributed by atoms with Crippen molar-refractivity contribution in [3.8, 4) is 0 Å². The largest absolute Gasteiger partial charge is 0.0985 e. The minimum atomic E-state index is 0.0652. The maximum atomic E-state index is 4.06. The lowest BCUT2D eigenvalue weighted by Crippen LogP contribution is -2.50. The van der Waals surface area contributed by atoms with Crippen molar-refractivity contribution in [2.75, 3.05) is 0 Å². The van der Waals surface area contributed by atoms with E-state index in [-0.39, 0.29) is 16.2 Å². The van der Waals surface area contributed by atoms with Gasteiger partial charge in [0.25, 0.3) is 0 Å². The van der Waals surface area contributed by atoms with Gasteiger partial charge < -0.3 is 0 Å². The molecular formula is C28H48. The summed E-state index contributed by atoms with van der Waals surface area (Å²) in [6, 6.07) is 8.80. The van der Waals surface area contributed by atoms with Crippen LogP contribution in [0.5, 0.6) is 0 Å². The monoisotopic (exact) mass is 384 g/mol. The Morgan fingerprint density at radius 3 is 1.96 bits per heavy atom. The maximum absolute atomic E-state index is 4.06. The molecule has 1 aromatic carbocycles. The molecule has 0 aliphatic rings. The van der Waals surface area contributed by atoms with Crippen LogP contribution in [0.15, 0.2) is 30.8 Å². The van der Waals surface area contributed by atoms with Gasteiger partial charge in [0, 0.05) is 0 Å². The normalized spacial score (nSPS) is 14.1. The highest BCUT2D eigenvalue weighted by Crippen LogP contribution is 2.57. The SMILES string of the molecule is C=Cc1ccccc1C(C)(C)C(C)(C)C(C)(C)C(C)CCCCCCCCC. The van der Waals surface area contributed by atoms with Crippen molar-refractivity contribution in [2.24, 2.45) is 16.7 Å². The zero-order valence-electron chi connectivity index (χ0n) is 20.3. The van der Waals surface area contributed by atoms with Crippen molar-refractivity contribution >= 4 is 6.08 Å². The third-order valence-electron chi connectivity index (χ3n) is 8.50. The molecule has 0 radical (unpaired) electrons. The Morgan fingerprint density at radius 2 is 1.39 bits per heavy atom. The van der Waals surface area contributed by atoms with Crippen LogP contribution in [0, 0.1) is 16.7 Å². The molecule has 1 unspecified atom stereocenters. The molecule has 0 nitrogen and oxygen atoms in total. The fraction of sp³-hybridized carbons (Fsp3) is 0.714. The second kappa shape index (κ2) is 10.7. The average molecular weight is 385 g/mol. The molecule has 1 aromatic rings. The van der Waals surface area contributed by atoms with Crippen LogP contribution >= 0.6 is 0 Å². The predicted octanol–water partition coefficient (Wildman–Crippen LogP) is 9.44. The lowest BCUT2D eigenvalue weighted by atomic mass is 9.49. The summed E-state index contributed by atoms with van der Waals surface area (Å²) in [5.41, 5.74) is 3.16. The summed E-state index contributed by atoms with van der Waals surface area (Å²) in [6.45, 7) is 23.6. The molecule has 0 amide bonds. The van der Waals surface area contributed by atoms with Crippen molar-refractivity contribution in [3.05, 3.63) is 42.0 Å². The molecule has 0 heteroatoms. The molecular weight excluding hydrogens is 336 g/mol. The molecule has 0 saturated heterocycles. The lowest BCUT2D eigenvalue weighted by Gasteiger charge is -2.55. The van der Waals surface area contributed by atoms with Crippen molar-refractivity contribution in [3.63, 3.8) is 0 Å². The van der Waals surface area contributed by atoms with E-state index in [0.717, 1.165) is 0 Å². The van der Waals surface area contributed by atoms with E-state index in [1.165, 1.54) is 62.5 Å². The molecule has 1 atom stereocenters. The second-order valence-corrected chi connectivity index (χ2v) is 10.6. The molecule has 28 heavy (non-hydrogen) atoms. The number of rotatable bonds is 13. The van der Waals surface area contributed by atoms with Crippen molar-refractivity contribution in [1.29, 1.82) is 0 Å². The van der Waals surface area contributed by atoms with Gasteiger partial charge in [-0.15, -0.1) is 0 Å². The number of benzene rings is 1. The molecule has 160 valence electrons. The van der Waals surface area contributed by atoms with Gasteiger partial charge >= 0.3 is 0 Å². The highest BCUT2D eigenvalue weighted by Gasteiger charge is 2.50. The van der Waals surface area contributed by atoms with E-state index < -0.39 is 0 Å². The van der Waals surface area contributed by atoms with Crippen molar-refractivity contribution < 1.29 is 0 Å². The minimum Gasteiger partial charge on any atom is -0.0985 e. The van der Waals surface area contributed by atoms with Gasteiger partial charge in [0.15, 0.2) is 0 Å². The van der Waals surface area contributed by atoms with E-state index in [1.54, 1.807) is 0 Å². The molecule has 0 aromatic heterocycles. The van der Waals surface area contributed by atoms with Gasteiger partial charge in [-0.1, -0.05) is 144 Å². The van der Waals surface area contributed by atoms with Gasteiger partial charge in [0.1, 0.15) is 0 Å². The Bertz CT molecular complexity index is 588. The molecule has 1 rings (SSSR count). The van der Waals surface area contributed by atoms with E-state index in [2.05, 4.69) is 86.2 Å². The number of hydrogen-bond acceptors (Lipinski definition) is 0. The first-order chi connectivity index (χ1) is 13.0. The van der Waals surface area contributed by atoms with Crippen LogP contribution in [0.2, 0.25) is 0 Å². The van der Waals surface area contributed by atoms with E-state index in [0.29, 0.717) is 5.92 Å². The Morgan fingerprint density at radius 1 is 0.857 bits per heavy atom. The highest BCUT2D eigenvalue weighted by molar-refractivity contribution is 5.54. The van der Waals surface area contributed by atoms with E-state index in [4.69, 9.17) is 0 Å². The molecule has 0 spiro atoms. The summed E-state index contributed by atoms with van der Waals surface area (Å²) in [5, 5.41) is 0. The molecule has 0 bridgehead atoms. The molecule has 0 N–H and O–H groups in total. The number of hydrogen-bond donors (Lipinski definition) is 0. The summed E-state index contributed by atoms with van der Waals surface area (Å²) >= 11 is 0. The minimum absolute atomic E-state index is 0.0652. The van der Waals surface area contributed by atoms with Gasteiger partial charge in [-0.25, -0.2) is 0 Å². The standard InChI is InChI=1S/C28H48/c1-10-12-13-14-15-16-17-20-23(3)26(4,5)28(8,9)27(6,7)25-22-19-18-21-24(25)11-2/h11,18-19,21-23H,2,10,12-17,20H2,1,3-9H3. The van der Waals surface area contributed by atoms with E-state index >= 15 is 0 Å². The maximum Gasteiger partial charge on any atom is -0.00413 e. The Hall–Kier alpha value is -1.04. The summed E-state index contributed by atoms with van der Waals surface area (Å²) in [6.07, 6.45) is 13.1. The zero-order valence-corrected chi connectivity index (χ0v) is 20.3. The summed E-state index contributed by atoms with van der Waals surface area (Å²) < 4.78 is 0. The molecule has 0 fully saturated rings. The van der Waals surface area contributed by atoms with Gasteiger partial charge in [0.05, 0.1) is 0 Å². The van der Waals surface area contributed by atoms with Crippen LogP contribution in [0.4, 0.5) is 0 Å². The Kier molecular flexibility index (Phi) is 9.51. The first kappa shape index (κ1) is 25.0. The summed E-state index contributed by atoms with van der Waals surface area (Å²) in [7, 11) is 0. The van der Waals surface area contributed by atoms with Crippen LogP contribution < -0.4 is 0 Å². The quantitative estimate of drug-likeness (QED) is 0.297.